The summed E-state index contributed by atoms with van der Waals surface area (Å²) >= 11 is 17.7. The molecule has 0 aliphatic heterocycles. The van der Waals surface area contributed by atoms with E-state index in [-0.39, 0.29) is 25.7 Å². The molecular weight excluding hydrogens is 395 g/mol. The Balaban J connectivity index is 2.14. The maximum Gasteiger partial charge on any atom is 0.243 e. The molecule has 0 aliphatic carbocycles. The predicted molar refractivity (Wildman–Crippen MR) is 96.4 cm³/mol. The first-order valence-corrected chi connectivity index (χ1v) is 9.25. The molecule has 9 heteroatoms. The number of halogens is 3. The van der Waals surface area contributed by atoms with Gasteiger partial charge in [0.2, 0.25) is 15.9 Å². The summed E-state index contributed by atoms with van der Waals surface area (Å²) < 4.78 is 25.8. The van der Waals surface area contributed by atoms with Crippen LogP contribution in [0.25, 0.3) is 0 Å². The van der Waals surface area contributed by atoms with E-state index in [2.05, 4.69) is 5.32 Å². The number of hydrogen-bond acceptors (Lipinski definition) is 3. The van der Waals surface area contributed by atoms with Crippen molar-refractivity contribution in [3.05, 3.63) is 57.5 Å². The van der Waals surface area contributed by atoms with Crippen molar-refractivity contribution < 1.29 is 13.2 Å². The van der Waals surface area contributed by atoms with Crippen LogP contribution in [-0.4, -0.2) is 32.2 Å². The van der Waals surface area contributed by atoms with Crippen LogP contribution in [-0.2, 0) is 14.8 Å². The number of carbonyl (C=O) groups is 1. The van der Waals surface area contributed by atoms with Crippen molar-refractivity contribution in [3.8, 4) is 0 Å². The van der Waals surface area contributed by atoms with Crippen LogP contribution < -0.4 is 5.32 Å². The van der Waals surface area contributed by atoms with Gasteiger partial charge in [0.1, 0.15) is 0 Å². The molecule has 5 nitrogen and oxygen atoms in total. The lowest BCUT2D eigenvalue weighted by Crippen LogP contribution is -2.35. The van der Waals surface area contributed by atoms with Crippen LogP contribution in [0.4, 0.5) is 5.69 Å². The Labute approximate surface area is 155 Å². The Bertz CT molecular complexity index is 852. The number of para-hydroxylation sites is 1. The fraction of sp³-hybridized carbons (Fsp3) is 0.133. The van der Waals surface area contributed by atoms with Gasteiger partial charge in [0.25, 0.3) is 0 Å². The molecule has 128 valence electrons. The van der Waals surface area contributed by atoms with E-state index in [1.54, 1.807) is 24.3 Å². The zero-order chi connectivity index (χ0) is 17.9. The Morgan fingerprint density at radius 3 is 2.25 bits per heavy atom. The van der Waals surface area contributed by atoms with Crippen LogP contribution in [0.3, 0.4) is 0 Å². The van der Waals surface area contributed by atoms with Crippen LogP contribution >= 0.6 is 34.8 Å². The number of carbonyl (C=O) groups excluding carboxylic acids is 1. The molecule has 0 fully saturated rings. The van der Waals surface area contributed by atoms with Gasteiger partial charge in [-0.15, -0.1) is 0 Å². The molecule has 1 N–H and O–H groups in total. The molecular formula is C15H13Cl3N2O3S. The topological polar surface area (TPSA) is 66.5 Å². The zero-order valence-corrected chi connectivity index (χ0v) is 15.5. The van der Waals surface area contributed by atoms with E-state index >= 15 is 0 Å². The van der Waals surface area contributed by atoms with Crippen molar-refractivity contribution in [2.45, 2.75) is 4.90 Å². The van der Waals surface area contributed by atoms with Gasteiger partial charge in [0.05, 0.1) is 27.2 Å². The molecule has 1 amide bonds. The molecule has 2 aromatic carbocycles. The highest BCUT2D eigenvalue weighted by Crippen LogP contribution is 2.29. The summed E-state index contributed by atoms with van der Waals surface area (Å²) in [5.74, 6) is -0.571. The molecule has 2 aromatic rings. The summed E-state index contributed by atoms with van der Waals surface area (Å²) in [5.41, 5.74) is 0.236. The number of amides is 1. The van der Waals surface area contributed by atoms with E-state index in [4.69, 9.17) is 34.8 Å². The number of benzene rings is 2. The number of likely N-dealkylation sites (N-methyl/N-ethyl adjacent to an activating group) is 1. The minimum atomic E-state index is -3.85. The Kier molecular flexibility index (Phi) is 6.11. The molecule has 24 heavy (non-hydrogen) atoms. The van der Waals surface area contributed by atoms with E-state index in [1.807, 2.05) is 0 Å². The summed E-state index contributed by atoms with van der Waals surface area (Å²) in [4.78, 5) is 12.1. The van der Waals surface area contributed by atoms with Gasteiger partial charge in [0, 0.05) is 12.1 Å². The van der Waals surface area contributed by atoms with Crippen LogP contribution in [0.15, 0.2) is 47.4 Å². The monoisotopic (exact) mass is 406 g/mol. The average Bonchev–Trinajstić information content (AvgIpc) is 2.51. The minimum Gasteiger partial charge on any atom is -0.322 e. The first-order chi connectivity index (χ1) is 11.2. The number of rotatable bonds is 5. The maximum atomic E-state index is 12.4. The molecule has 0 heterocycles. The van der Waals surface area contributed by atoms with E-state index in [9.17, 15) is 13.2 Å². The molecule has 2 rings (SSSR count). The molecule has 0 radical (unpaired) electrons. The van der Waals surface area contributed by atoms with Crippen molar-refractivity contribution >= 4 is 56.4 Å². The lowest BCUT2D eigenvalue weighted by molar-refractivity contribution is -0.116. The van der Waals surface area contributed by atoms with E-state index in [0.717, 1.165) is 4.31 Å². The first-order valence-electron chi connectivity index (χ1n) is 6.67. The molecule has 0 aliphatic rings. The molecule has 0 aromatic heterocycles. The molecule has 0 saturated heterocycles. The second-order valence-electron chi connectivity index (χ2n) is 4.86. The van der Waals surface area contributed by atoms with Gasteiger partial charge in [0.15, 0.2) is 0 Å². The van der Waals surface area contributed by atoms with E-state index in [0.29, 0.717) is 0 Å². The normalized spacial score (nSPS) is 11.5. The predicted octanol–water partition coefficient (Wildman–Crippen LogP) is 3.91. The minimum absolute atomic E-state index is 0.000996. The summed E-state index contributed by atoms with van der Waals surface area (Å²) in [7, 11) is -2.55. The molecule has 0 atom stereocenters. The van der Waals surface area contributed by atoms with Crippen molar-refractivity contribution in [3.63, 3.8) is 0 Å². The summed E-state index contributed by atoms with van der Waals surface area (Å²) in [6.45, 7) is -0.406. The number of sulfonamides is 1. The average molecular weight is 408 g/mol. The lowest BCUT2D eigenvalue weighted by Gasteiger charge is -2.17. The smallest absolute Gasteiger partial charge is 0.243 e. The second-order valence-corrected chi connectivity index (χ2v) is 8.16. The standard InChI is InChI=1S/C15H13Cl3N2O3S/c1-20(24(22,23)11-5-2-4-10(16)8-11)9-14(21)19-15-12(17)6-3-7-13(15)18/h2-8H,9H2,1H3,(H,19,21). The summed E-state index contributed by atoms with van der Waals surface area (Å²) in [6.07, 6.45) is 0. The SMILES string of the molecule is CN(CC(=O)Nc1c(Cl)cccc1Cl)S(=O)(=O)c1cccc(Cl)c1. The van der Waals surface area contributed by atoms with Gasteiger partial charge in [-0.3, -0.25) is 4.79 Å². The van der Waals surface area contributed by atoms with Gasteiger partial charge in [-0.2, -0.15) is 4.31 Å². The highest BCUT2D eigenvalue weighted by molar-refractivity contribution is 7.89. The van der Waals surface area contributed by atoms with Gasteiger partial charge >= 0.3 is 0 Å². The van der Waals surface area contributed by atoms with Crippen LogP contribution in [0.1, 0.15) is 0 Å². The molecule has 0 spiro atoms. The van der Waals surface area contributed by atoms with Crippen LogP contribution in [0.5, 0.6) is 0 Å². The fourth-order valence-corrected chi connectivity index (χ4v) is 3.81. The third-order valence-corrected chi connectivity index (χ3v) is 5.76. The number of nitrogens with zero attached hydrogens (tertiary/aromatic N) is 1. The number of hydrogen-bond donors (Lipinski definition) is 1. The van der Waals surface area contributed by atoms with Crippen molar-refractivity contribution in [1.82, 2.24) is 4.31 Å². The highest BCUT2D eigenvalue weighted by atomic mass is 35.5. The second kappa shape index (κ2) is 7.72. The zero-order valence-electron chi connectivity index (χ0n) is 12.5. The third-order valence-electron chi connectivity index (χ3n) is 3.10. The quantitative estimate of drug-likeness (QED) is 0.817. The first kappa shape index (κ1) is 19.0. The summed E-state index contributed by atoms with van der Waals surface area (Å²) in [5, 5.41) is 3.32. The fourth-order valence-electron chi connectivity index (χ4n) is 1.89. The summed E-state index contributed by atoms with van der Waals surface area (Å²) in [6, 6.07) is 10.6. The Hall–Kier alpha value is -1.31. The van der Waals surface area contributed by atoms with E-state index in [1.165, 1.54) is 25.2 Å². The van der Waals surface area contributed by atoms with Gasteiger partial charge in [-0.1, -0.05) is 46.9 Å². The maximum absolute atomic E-state index is 12.4. The van der Waals surface area contributed by atoms with Gasteiger partial charge in [-0.05, 0) is 30.3 Å². The van der Waals surface area contributed by atoms with Crippen molar-refractivity contribution in [2.75, 3.05) is 18.9 Å². The van der Waals surface area contributed by atoms with Crippen molar-refractivity contribution in [1.29, 1.82) is 0 Å². The molecule has 0 bridgehead atoms. The number of anilines is 1. The van der Waals surface area contributed by atoms with Gasteiger partial charge in [-0.25, -0.2) is 8.42 Å². The molecule has 0 unspecified atom stereocenters. The molecule has 0 saturated carbocycles. The van der Waals surface area contributed by atoms with E-state index < -0.39 is 22.5 Å². The number of nitrogens with one attached hydrogen (secondary N) is 1. The Morgan fingerprint density at radius 1 is 1.08 bits per heavy atom. The van der Waals surface area contributed by atoms with Crippen LogP contribution in [0.2, 0.25) is 15.1 Å². The Morgan fingerprint density at radius 2 is 1.67 bits per heavy atom. The lowest BCUT2D eigenvalue weighted by atomic mass is 10.3. The highest BCUT2D eigenvalue weighted by Gasteiger charge is 2.23. The van der Waals surface area contributed by atoms with Gasteiger partial charge < -0.3 is 5.32 Å². The van der Waals surface area contributed by atoms with Crippen LogP contribution in [0, 0.1) is 0 Å². The largest absolute Gasteiger partial charge is 0.322 e. The third kappa shape index (κ3) is 4.40. The van der Waals surface area contributed by atoms with Crippen molar-refractivity contribution in [2.24, 2.45) is 0 Å².